The minimum atomic E-state index is -0.292. The number of hydrogen-bond acceptors (Lipinski definition) is 6. The third-order valence-corrected chi connectivity index (χ3v) is 2.37. The quantitative estimate of drug-likeness (QED) is 0.368. The largest absolute Gasteiger partial charge is 0.504 e. The summed E-state index contributed by atoms with van der Waals surface area (Å²) in [5.41, 5.74) is 0.667. The summed E-state index contributed by atoms with van der Waals surface area (Å²) in [6.07, 6.45) is 0. The number of rotatable bonds is 9. The molecule has 112 valence electrons. The zero-order chi connectivity index (χ0) is 14.8. The van der Waals surface area contributed by atoms with E-state index in [9.17, 15) is 9.90 Å². The number of benzene rings is 1. The Bertz CT molecular complexity index is 423. The molecular formula is C13H19NO6. The van der Waals surface area contributed by atoms with Crippen LogP contribution in [0.1, 0.15) is 5.56 Å². The molecule has 1 aromatic rings. The van der Waals surface area contributed by atoms with E-state index in [1.807, 2.05) is 0 Å². The maximum Gasteiger partial charge on any atom is 0.246 e. The predicted octanol–water partition coefficient (Wildman–Crippen LogP) is -0.260. The lowest BCUT2D eigenvalue weighted by Crippen LogP contribution is -2.27. The number of aliphatic hydroxyl groups excluding tert-OH is 1. The van der Waals surface area contributed by atoms with Gasteiger partial charge in [0.1, 0.15) is 6.61 Å². The van der Waals surface area contributed by atoms with Gasteiger partial charge in [0.05, 0.1) is 26.4 Å². The summed E-state index contributed by atoms with van der Waals surface area (Å²) in [4.78, 5) is 11.4. The maximum absolute atomic E-state index is 11.4. The average molecular weight is 285 g/mol. The number of ether oxygens (including phenoxy) is 2. The van der Waals surface area contributed by atoms with Crippen molar-refractivity contribution in [2.75, 3.05) is 33.0 Å². The molecule has 1 aromatic carbocycles. The molecule has 0 atom stereocenters. The molecule has 0 aromatic heterocycles. The Hall–Kier alpha value is -1.83. The van der Waals surface area contributed by atoms with Crippen molar-refractivity contribution in [3.63, 3.8) is 0 Å². The molecule has 1 amide bonds. The molecule has 0 aliphatic heterocycles. The minimum Gasteiger partial charge on any atom is -0.504 e. The maximum atomic E-state index is 11.4. The average Bonchev–Trinajstić information content (AvgIpc) is 2.44. The van der Waals surface area contributed by atoms with E-state index in [0.717, 1.165) is 0 Å². The number of hydrogen-bond donors (Lipinski definition) is 4. The molecule has 0 radical (unpaired) electrons. The minimum absolute atomic E-state index is 0.0417. The fraction of sp³-hybridized carbons (Fsp3) is 0.462. The Morgan fingerprint density at radius 2 is 1.85 bits per heavy atom. The highest BCUT2D eigenvalue weighted by Crippen LogP contribution is 2.24. The summed E-state index contributed by atoms with van der Waals surface area (Å²) in [5, 5.41) is 29.5. The van der Waals surface area contributed by atoms with Crippen LogP contribution in [0.5, 0.6) is 11.5 Å². The number of aliphatic hydroxyl groups is 1. The van der Waals surface area contributed by atoms with Crippen LogP contribution in [-0.4, -0.2) is 54.3 Å². The highest BCUT2D eigenvalue weighted by molar-refractivity contribution is 5.77. The second kappa shape index (κ2) is 9.13. The van der Waals surface area contributed by atoms with Crippen molar-refractivity contribution in [3.05, 3.63) is 23.8 Å². The van der Waals surface area contributed by atoms with Gasteiger partial charge in [-0.25, -0.2) is 0 Å². The molecule has 7 heteroatoms. The van der Waals surface area contributed by atoms with Crippen LogP contribution in [0.4, 0.5) is 0 Å². The third kappa shape index (κ3) is 6.37. The fourth-order valence-electron chi connectivity index (χ4n) is 1.38. The molecule has 0 fully saturated rings. The molecule has 0 aliphatic rings. The highest BCUT2D eigenvalue weighted by Gasteiger charge is 2.04. The van der Waals surface area contributed by atoms with E-state index in [1.54, 1.807) is 6.07 Å². The monoisotopic (exact) mass is 285 g/mol. The Balaban J connectivity index is 2.15. The molecule has 7 nitrogen and oxygen atoms in total. The van der Waals surface area contributed by atoms with E-state index in [4.69, 9.17) is 19.7 Å². The second-order valence-electron chi connectivity index (χ2n) is 3.99. The molecule has 0 spiro atoms. The number of aromatic hydroxyl groups is 2. The Morgan fingerprint density at radius 3 is 2.55 bits per heavy atom. The van der Waals surface area contributed by atoms with Crippen molar-refractivity contribution in [1.29, 1.82) is 0 Å². The van der Waals surface area contributed by atoms with Crippen molar-refractivity contribution < 1.29 is 29.6 Å². The van der Waals surface area contributed by atoms with Crippen molar-refractivity contribution >= 4 is 5.91 Å². The first-order valence-corrected chi connectivity index (χ1v) is 6.17. The normalized spacial score (nSPS) is 10.4. The number of carbonyl (C=O) groups excluding carboxylic acids is 1. The van der Waals surface area contributed by atoms with Crippen LogP contribution in [0, 0.1) is 0 Å². The number of phenolic OH excluding ortho intramolecular Hbond substituents is 2. The predicted molar refractivity (Wildman–Crippen MR) is 70.3 cm³/mol. The van der Waals surface area contributed by atoms with E-state index >= 15 is 0 Å². The van der Waals surface area contributed by atoms with Gasteiger partial charge in [0.2, 0.25) is 5.91 Å². The molecule has 0 heterocycles. The zero-order valence-corrected chi connectivity index (χ0v) is 11.0. The number of amides is 1. The lowest BCUT2D eigenvalue weighted by molar-refractivity contribution is -0.126. The summed E-state index contributed by atoms with van der Waals surface area (Å²) < 4.78 is 10.0. The molecule has 0 saturated carbocycles. The van der Waals surface area contributed by atoms with Gasteiger partial charge in [-0.15, -0.1) is 0 Å². The van der Waals surface area contributed by atoms with Gasteiger partial charge in [-0.3, -0.25) is 4.79 Å². The van der Waals surface area contributed by atoms with Gasteiger partial charge in [-0.1, -0.05) is 6.07 Å². The van der Waals surface area contributed by atoms with E-state index < -0.39 is 0 Å². The van der Waals surface area contributed by atoms with E-state index in [1.165, 1.54) is 12.1 Å². The molecule has 0 saturated heterocycles. The van der Waals surface area contributed by atoms with Crippen LogP contribution in [0.15, 0.2) is 18.2 Å². The highest BCUT2D eigenvalue weighted by atomic mass is 16.5. The second-order valence-corrected chi connectivity index (χ2v) is 3.99. The van der Waals surface area contributed by atoms with Gasteiger partial charge in [0.15, 0.2) is 11.5 Å². The topological polar surface area (TPSA) is 108 Å². The van der Waals surface area contributed by atoms with Gasteiger partial charge in [0, 0.05) is 6.54 Å². The van der Waals surface area contributed by atoms with Gasteiger partial charge >= 0.3 is 0 Å². The van der Waals surface area contributed by atoms with Crippen molar-refractivity contribution in [1.82, 2.24) is 5.32 Å². The smallest absolute Gasteiger partial charge is 0.246 e. The van der Waals surface area contributed by atoms with Crippen LogP contribution in [0.25, 0.3) is 0 Å². The van der Waals surface area contributed by atoms with E-state index in [0.29, 0.717) is 12.2 Å². The molecule has 1 rings (SSSR count). The summed E-state index contributed by atoms with van der Waals surface area (Å²) in [6.45, 7) is 0.941. The first kappa shape index (κ1) is 16.2. The molecule has 20 heavy (non-hydrogen) atoms. The molecule has 0 aliphatic carbocycles. The number of nitrogens with one attached hydrogen (secondary N) is 1. The molecule has 0 unspecified atom stereocenters. The van der Waals surface area contributed by atoms with Crippen LogP contribution in [0.2, 0.25) is 0 Å². The first-order valence-electron chi connectivity index (χ1n) is 6.17. The molecule has 4 N–H and O–H groups in total. The summed E-state index contributed by atoms with van der Waals surface area (Å²) in [6, 6.07) is 4.32. The lowest BCUT2D eigenvalue weighted by Gasteiger charge is -2.07. The summed E-state index contributed by atoms with van der Waals surface area (Å²) in [7, 11) is 0. The fourth-order valence-corrected chi connectivity index (χ4v) is 1.38. The van der Waals surface area contributed by atoms with Gasteiger partial charge in [-0.05, 0) is 17.7 Å². The Kier molecular flexibility index (Phi) is 7.41. The van der Waals surface area contributed by atoms with Crippen LogP contribution >= 0.6 is 0 Å². The Labute approximate surface area is 116 Å². The molecular weight excluding hydrogens is 266 g/mol. The van der Waals surface area contributed by atoms with E-state index in [2.05, 4.69) is 5.32 Å². The summed E-state index contributed by atoms with van der Waals surface area (Å²) >= 11 is 0. The van der Waals surface area contributed by atoms with Crippen molar-refractivity contribution in [2.45, 2.75) is 6.54 Å². The van der Waals surface area contributed by atoms with Crippen LogP contribution in [0.3, 0.4) is 0 Å². The molecule has 0 bridgehead atoms. The van der Waals surface area contributed by atoms with Gasteiger partial charge in [0.25, 0.3) is 0 Å². The standard InChI is InChI=1S/C13H19NO6/c15-3-4-19-5-6-20-9-13(18)14-8-10-1-2-11(16)12(17)7-10/h1-2,7,15-17H,3-6,8-9H2,(H,14,18). The first-order chi connectivity index (χ1) is 9.63. The van der Waals surface area contributed by atoms with Gasteiger partial charge in [-0.2, -0.15) is 0 Å². The third-order valence-electron chi connectivity index (χ3n) is 2.37. The van der Waals surface area contributed by atoms with Crippen molar-refractivity contribution in [2.24, 2.45) is 0 Å². The lowest BCUT2D eigenvalue weighted by atomic mass is 10.2. The van der Waals surface area contributed by atoms with Crippen molar-refractivity contribution in [3.8, 4) is 11.5 Å². The van der Waals surface area contributed by atoms with Gasteiger partial charge < -0.3 is 30.1 Å². The number of phenols is 2. The summed E-state index contributed by atoms with van der Waals surface area (Å²) in [5.74, 6) is -0.722. The van der Waals surface area contributed by atoms with Crippen LogP contribution < -0.4 is 5.32 Å². The zero-order valence-electron chi connectivity index (χ0n) is 11.0. The Morgan fingerprint density at radius 1 is 1.10 bits per heavy atom. The SMILES string of the molecule is O=C(COCCOCCO)NCc1ccc(O)c(O)c1. The van der Waals surface area contributed by atoms with E-state index in [-0.39, 0.29) is 50.4 Å². The number of carbonyl (C=O) groups is 1. The van der Waals surface area contributed by atoms with Crippen LogP contribution in [-0.2, 0) is 20.8 Å².